The minimum atomic E-state index is -0.327. The number of benzene rings is 1. The number of aliphatic hydroxyl groups is 1. The van der Waals surface area contributed by atoms with Gasteiger partial charge in [0.1, 0.15) is 12.4 Å². The van der Waals surface area contributed by atoms with Crippen molar-refractivity contribution in [1.82, 2.24) is 5.32 Å². The third kappa shape index (κ3) is 5.21. The number of carbonyl (C=O) groups is 1. The van der Waals surface area contributed by atoms with Gasteiger partial charge >= 0.3 is 6.03 Å². The lowest BCUT2D eigenvalue weighted by Gasteiger charge is -2.19. The van der Waals surface area contributed by atoms with Crippen molar-refractivity contribution >= 4 is 11.7 Å². The second-order valence-electron chi connectivity index (χ2n) is 4.57. The van der Waals surface area contributed by atoms with Gasteiger partial charge in [0.2, 0.25) is 0 Å². The van der Waals surface area contributed by atoms with E-state index in [4.69, 9.17) is 16.3 Å². The molecule has 0 bridgehead atoms. The number of ether oxygens (including phenoxy) is 1. The molecule has 0 aliphatic heterocycles. The lowest BCUT2D eigenvalue weighted by molar-refractivity contribution is 0.204. The van der Waals surface area contributed by atoms with Crippen molar-refractivity contribution in [2.24, 2.45) is 5.92 Å². The average molecular weight is 276 g/mol. The van der Waals surface area contributed by atoms with Gasteiger partial charge < -0.3 is 20.5 Å². The molecule has 0 fully saturated rings. The third-order valence-electron chi connectivity index (χ3n) is 2.91. The van der Waals surface area contributed by atoms with E-state index in [2.05, 4.69) is 16.6 Å². The van der Waals surface area contributed by atoms with Crippen molar-refractivity contribution in [2.45, 2.75) is 19.9 Å². The Kier molecular flexibility index (Phi) is 6.41. The highest BCUT2D eigenvalue weighted by Crippen LogP contribution is 2.17. The first-order chi connectivity index (χ1) is 9.56. The molecule has 0 aliphatic rings. The van der Waals surface area contributed by atoms with Gasteiger partial charge in [0.25, 0.3) is 0 Å². The smallest absolute Gasteiger partial charge is 0.319 e. The zero-order chi connectivity index (χ0) is 15.0. The fourth-order valence-electron chi connectivity index (χ4n) is 1.46. The van der Waals surface area contributed by atoms with E-state index in [1.807, 2.05) is 13.8 Å². The second kappa shape index (κ2) is 8.08. The molecule has 3 N–H and O–H groups in total. The maximum absolute atomic E-state index is 11.8. The first-order valence-electron chi connectivity index (χ1n) is 6.41. The van der Waals surface area contributed by atoms with Crippen LogP contribution in [-0.4, -0.2) is 30.4 Å². The number of urea groups is 1. The maximum atomic E-state index is 11.8. The van der Waals surface area contributed by atoms with E-state index < -0.39 is 0 Å². The van der Waals surface area contributed by atoms with Gasteiger partial charge in [-0.1, -0.05) is 18.9 Å². The Hall–Kier alpha value is -2.19. The molecule has 5 heteroatoms. The van der Waals surface area contributed by atoms with Crippen LogP contribution in [0.25, 0.3) is 0 Å². The lowest BCUT2D eigenvalue weighted by atomic mass is 10.1. The molecule has 20 heavy (non-hydrogen) atoms. The highest BCUT2D eigenvalue weighted by molar-refractivity contribution is 5.89. The predicted molar refractivity (Wildman–Crippen MR) is 78.6 cm³/mol. The van der Waals surface area contributed by atoms with Crippen LogP contribution in [0.3, 0.4) is 0 Å². The van der Waals surface area contributed by atoms with Crippen molar-refractivity contribution < 1.29 is 14.6 Å². The molecule has 5 nitrogen and oxygen atoms in total. The molecule has 2 unspecified atom stereocenters. The Morgan fingerprint density at radius 3 is 2.90 bits per heavy atom. The quantitative estimate of drug-likeness (QED) is 0.694. The van der Waals surface area contributed by atoms with Gasteiger partial charge in [0.05, 0.1) is 0 Å². The molecule has 0 spiro atoms. The molecular weight excluding hydrogens is 256 g/mol. The number of nitrogens with one attached hydrogen (secondary N) is 2. The molecule has 0 saturated heterocycles. The molecule has 2 amide bonds. The molecule has 0 aliphatic carbocycles. The molecule has 108 valence electrons. The second-order valence-corrected chi connectivity index (χ2v) is 4.57. The Labute approximate surface area is 119 Å². The summed E-state index contributed by atoms with van der Waals surface area (Å²) in [6, 6.07) is 6.52. The number of aliphatic hydroxyl groups excluding tert-OH is 1. The number of hydrogen-bond acceptors (Lipinski definition) is 3. The largest absolute Gasteiger partial charge is 0.481 e. The summed E-state index contributed by atoms with van der Waals surface area (Å²) in [4.78, 5) is 11.8. The molecule has 1 aromatic carbocycles. The standard InChI is InChI=1S/C15H20N2O3/c1-4-8-20-14-7-5-6-13(9-14)17-15(19)16-12(3)11(2)10-18/h1,5-7,9,11-12,18H,8,10H2,2-3H3,(H2,16,17,19). The van der Waals surface area contributed by atoms with E-state index in [0.717, 1.165) is 0 Å². The van der Waals surface area contributed by atoms with Crippen LogP contribution >= 0.6 is 0 Å². The summed E-state index contributed by atoms with van der Waals surface area (Å²) >= 11 is 0. The first-order valence-corrected chi connectivity index (χ1v) is 6.41. The highest BCUT2D eigenvalue weighted by Gasteiger charge is 2.13. The minimum absolute atomic E-state index is 0.00829. The van der Waals surface area contributed by atoms with E-state index in [-0.39, 0.29) is 31.2 Å². The molecule has 0 saturated carbocycles. The van der Waals surface area contributed by atoms with Crippen LogP contribution < -0.4 is 15.4 Å². The van der Waals surface area contributed by atoms with Gasteiger partial charge in [-0.05, 0) is 25.0 Å². The van der Waals surface area contributed by atoms with Crippen molar-refractivity contribution in [2.75, 3.05) is 18.5 Å². The van der Waals surface area contributed by atoms with Crippen molar-refractivity contribution in [1.29, 1.82) is 0 Å². The topological polar surface area (TPSA) is 70.6 Å². The maximum Gasteiger partial charge on any atom is 0.319 e. The van der Waals surface area contributed by atoms with E-state index in [1.54, 1.807) is 24.3 Å². The van der Waals surface area contributed by atoms with Crippen LogP contribution in [0, 0.1) is 18.3 Å². The van der Waals surface area contributed by atoms with E-state index in [0.29, 0.717) is 11.4 Å². The monoisotopic (exact) mass is 276 g/mol. The van der Waals surface area contributed by atoms with Crippen molar-refractivity contribution in [3.63, 3.8) is 0 Å². The summed E-state index contributed by atoms with van der Waals surface area (Å²) in [5, 5.41) is 14.5. The number of hydrogen-bond donors (Lipinski definition) is 3. The van der Waals surface area contributed by atoms with Crippen LogP contribution in [0.5, 0.6) is 5.75 Å². The SMILES string of the molecule is C#CCOc1cccc(NC(=O)NC(C)C(C)CO)c1. The Morgan fingerprint density at radius 2 is 2.25 bits per heavy atom. The van der Waals surface area contributed by atoms with Gasteiger partial charge in [0.15, 0.2) is 0 Å². The molecule has 1 aromatic rings. The highest BCUT2D eigenvalue weighted by atomic mass is 16.5. The van der Waals surface area contributed by atoms with Gasteiger partial charge in [-0.25, -0.2) is 4.79 Å². The number of amides is 2. The third-order valence-corrected chi connectivity index (χ3v) is 2.91. The van der Waals surface area contributed by atoms with Crippen molar-refractivity contribution in [3.05, 3.63) is 24.3 Å². The number of terminal acetylenes is 1. The van der Waals surface area contributed by atoms with Crippen LogP contribution in [0.15, 0.2) is 24.3 Å². The molecule has 0 radical (unpaired) electrons. The summed E-state index contributed by atoms with van der Waals surface area (Å²) in [5.41, 5.74) is 0.612. The van der Waals surface area contributed by atoms with Crippen LogP contribution in [0.2, 0.25) is 0 Å². The number of anilines is 1. The number of carbonyl (C=O) groups excluding carboxylic acids is 1. The summed E-state index contributed by atoms with van der Waals surface area (Å²) in [6.45, 7) is 3.91. The summed E-state index contributed by atoms with van der Waals surface area (Å²) in [7, 11) is 0. The summed E-state index contributed by atoms with van der Waals surface area (Å²) < 4.78 is 5.27. The van der Waals surface area contributed by atoms with Crippen LogP contribution in [-0.2, 0) is 0 Å². The number of rotatable bonds is 6. The van der Waals surface area contributed by atoms with Gasteiger partial charge in [-0.3, -0.25) is 0 Å². The lowest BCUT2D eigenvalue weighted by Crippen LogP contribution is -2.40. The van der Waals surface area contributed by atoms with E-state index in [1.165, 1.54) is 0 Å². The molecule has 0 heterocycles. The van der Waals surface area contributed by atoms with Gasteiger partial charge in [-0.2, -0.15) is 0 Å². The Morgan fingerprint density at radius 1 is 1.50 bits per heavy atom. The van der Waals surface area contributed by atoms with E-state index >= 15 is 0 Å². The molecule has 0 aromatic heterocycles. The zero-order valence-electron chi connectivity index (χ0n) is 11.7. The summed E-state index contributed by atoms with van der Waals surface area (Å²) in [6.07, 6.45) is 5.12. The molecule has 1 rings (SSSR count). The Balaban J connectivity index is 2.55. The van der Waals surface area contributed by atoms with Gasteiger partial charge in [0, 0.05) is 24.4 Å². The fraction of sp³-hybridized carbons (Fsp3) is 0.400. The molecular formula is C15H20N2O3. The minimum Gasteiger partial charge on any atom is -0.481 e. The average Bonchev–Trinajstić information content (AvgIpc) is 2.44. The van der Waals surface area contributed by atoms with Crippen molar-refractivity contribution in [3.8, 4) is 18.1 Å². The Bertz CT molecular complexity index is 482. The zero-order valence-corrected chi connectivity index (χ0v) is 11.7. The molecule has 2 atom stereocenters. The fourth-order valence-corrected chi connectivity index (χ4v) is 1.46. The van der Waals surface area contributed by atoms with Crippen LogP contribution in [0.4, 0.5) is 10.5 Å². The van der Waals surface area contributed by atoms with Gasteiger partial charge in [-0.15, -0.1) is 6.42 Å². The van der Waals surface area contributed by atoms with E-state index in [9.17, 15) is 4.79 Å². The summed E-state index contributed by atoms with van der Waals surface area (Å²) in [5.74, 6) is 2.96. The first kappa shape index (κ1) is 15.9. The normalized spacial score (nSPS) is 12.9. The van der Waals surface area contributed by atoms with Crippen LogP contribution in [0.1, 0.15) is 13.8 Å². The predicted octanol–water partition coefficient (Wildman–Crippen LogP) is 1.84.